The van der Waals surface area contributed by atoms with Crippen LogP contribution in [0.1, 0.15) is 15.9 Å². The largest absolute Gasteiger partial charge is 0.478 e. The van der Waals surface area contributed by atoms with Gasteiger partial charge in [0.1, 0.15) is 28.4 Å². The van der Waals surface area contributed by atoms with Crippen molar-refractivity contribution in [1.82, 2.24) is 4.98 Å². The third-order valence-electron chi connectivity index (χ3n) is 2.32. The smallest absolute Gasteiger partial charge is 0.335 e. The highest BCUT2D eigenvalue weighted by Gasteiger charge is 2.13. The van der Waals surface area contributed by atoms with E-state index in [4.69, 9.17) is 26.7 Å². The van der Waals surface area contributed by atoms with Crippen molar-refractivity contribution in [2.45, 2.75) is 0 Å². The van der Waals surface area contributed by atoms with Crippen molar-refractivity contribution in [2.24, 2.45) is 0 Å². The SMILES string of the molecule is N#Cc1c(F)cccc1Oc1cc(C(=O)O)cc(Cl)n1. The number of halogens is 2. The predicted molar refractivity (Wildman–Crippen MR) is 67.4 cm³/mol. The number of pyridine rings is 1. The molecule has 1 N–H and O–H groups in total. The molecule has 0 spiro atoms. The number of hydrogen-bond donors (Lipinski definition) is 1. The molecule has 0 amide bonds. The van der Waals surface area contributed by atoms with E-state index in [2.05, 4.69) is 4.98 Å². The fourth-order valence-corrected chi connectivity index (χ4v) is 1.66. The van der Waals surface area contributed by atoms with Gasteiger partial charge in [-0.2, -0.15) is 5.26 Å². The molecule has 1 aromatic heterocycles. The summed E-state index contributed by atoms with van der Waals surface area (Å²) in [6.07, 6.45) is 0. The zero-order valence-corrected chi connectivity index (χ0v) is 10.6. The van der Waals surface area contributed by atoms with E-state index in [-0.39, 0.29) is 27.9 Å². The van der Waals surface area contributed by atoms with E-state index >= 15 is 0 Å². The molecule has 0 saturated carbocycles. The standard InChI is InChI=1S/C13H6ClFN2O3/c14-11-4-7(13(18)19)5-12(17-11)20-10-3-1-2-9(15)8(10)6-16/h1-5H,(H,18,19). The Hall–Kier alpha value is -2.65. The zero-order valence-electron chi connectivity index (χ0n) is 9.80. The Kier molecular flexibility index (Phi) is 3.82. The van der Waals surface area contributed by atoms with Gasteiger partial charge in [0.05, 0.1) is 5.56 Å². The van der Waals surface area contributed by atoms with Crippen LogP contribution < -0.4 is 4.74 Å². The number of benzene rings is 1. The van der Waals surface area contributed by atoms with E-state index < -0.39 is 11.8 Å². The van der Waals surface area contributed by atoms with Gasteiger partial charge in [-0.15, -0.1) is 0 Å². The van der Waals surface area contributed by atoms with E-state index in [1.165, 1.54) is 12.1 Å². The summed E-state index contributed by atoms with van der Waals surface area (Å²) in [6, 6.07) is 7.76. The Morgan fingerprint density at radius 1 is 1.45 bits per heavy atom. The molecule has 20 heavy (non-hydrogen) atoms. The van der Waals surface area contributed by atoms with Gasteiger partial charge in [0.15, 0.2) is 0 Å². The lowest BCUT2D eigenvalue weighted by Crippen LogP contribution is -1.99. The fraction of sp³-hybridized carbons (Fsp3) is 0. The molecular formula is C13H6ClFN2O3. The van der Waals surface area contributed by atoms with Gasteiger partial charge < -0.3 is 9.84 Å². The molecule has 1 aromatic carbocycles. The van der Waals surface area contributed by atoms with Crippen molar-refractivity contribution in [3.8, 4) is 17.7 Å². The van der Waals surface area contributed by atoms with E-state index in [9.17, 15) is 9.18 Å². The molecule has 100 valence electrons. The number of rotatable bonds is 3. The van der Waals surface area contributed by atoms with Crippen LogP contribution in [-0.4, -0.2) is 16.1 Å². The van der Waals surface area contributed by atoms with Gasteiger partial charge in [0.2, 0.25) is 5.88 Å². The Balaban J connectivity index is 2.43. The van der Waals surface area contributed by atoms with E-state index in [0.717, 1.165) is 18.2 Å². The average molecular weight is 293 g/mol. The molecule has 0 atom stereocenters. The summed E-state index contributed by atoms with van der Waals surface area (Å²) in [5, 5.41) is 17.7. The summed E-state index contributed by atoms with van der Waals surface area (Å²) in [4.78, 5) is 14.6. The van der Waals surface area contributed by atoms with Gasteiger partial charge in [-0.3, -0.25) is 0 Å². The number of ether oxygens (including phenoxy) is 1. The molecule has 0 aliphatic rings. The quantitative estimate of drug-likeness (QED) is 0.878. The molecule has 0 radical (unpaired) electrons. The maximum atomic E-state index is 13.4. The molecule has 0 unspecified atom stereocenters. The molecule has 0 fully saturated rings. The van der Waals surface area contributed by atoms with Gasteiger partial charge in [0.25, 0.3) is 0 Å². The Bertz CT molecular complexity index is 728. The molecule has 0 bridgehead atoms. The van der Waals surface area contributed by atoms with Crippen molar-refractivity contribution in [3.63, 3.8) is 0 Å². The summed E-state index contributed by atoms with van der Waals surface area (Å²) in [6.45, 7) is 0. The predicted octanol–water partition coefficient (Wildman–Crippen LogP) is 3.24. The van der Waals surface area contributed by atoms with Crippen molar-refractivity contribution in [2.75, 3.05) is 0 Å². The maximum absolute atomic E-state index is 13.4. The third-order valence-corrected chi connectivity index (χ3v) is 2.51. The minimum atomic E-state index is -1.21. The van der Waals surface area contributed by atoms with Crippen LogP contribution >= 0.6 is 11.6 Å². The summed E-state index contributed by atoms with van der Waals surface area (Å²) >= 11 is 5.67. The maximum Gasteiger partial charge on any atom is 0.335 e. The number of nitriles is 1. The van der Waals surface area contributed by atoms with Gasteiger partial charge in [-0.1, -0.05) is 17.7 Å². The highest BCUT2D eigenvalue weighted by molar-refractivity contribution is 6.29. The summed E-state index contributed by atoms with van der Waals surface area (Å²) in [5.74, 6) is -2.17. The number of carboxylic acids is 1. The molecule has 1 heterocycles. The molecule has 7 heteroatoms. The van der Waals surface area contributed by atoms with Crippen molar-refractivity contribution < 1.29 is 19.0 Å². The normalized spacial score (nSPS) is 9.85. The Morgan fingerprint density at radius 3 is 2.85 bits per heavy atom. The van der Waals surface area contributed by atoms with Gasteiger partial charge >= 0.3 is 5.97 Å². The summed E-state index contributed by atoms with van der Waals surface area (Å²) < 4.78 is 18.6. The van der Waals surface area contributed by atoms with Crippen LogP contribution in [0.3, 0.4) is 0 Å². The Labute approximate surface area is 117 Å². The first-order valence-electron chi connectivity index (χ1n) is 5.28. The van der Waals surface area contributed by atoms with Crippen LogP contribution in [0, 0.1) is 17.1 Å². The zero-order chi connectivity index (χ0) is 14.7. The second-order valence-corrected chi connectivity index (χ2v) is 4.04. The van der Waals surface area contributed by atoms with Crippen molar-refractivity contribution >= 4 is 17.6 Å². The Morgan fingerprint density at radius 2 is 2.20 bits per heavy atom. The van der Waals surface area contributed by atoms with Gasteiger partial charge in [-0.25, -0.2) is 14.2 Å². The lowest BCUT2D eigenvalue weighted by atomic mass is 10.2. The number of carboxylic acid groups (broad SMARTS) is 1. The molecule has 2 aromatic rings. The first kappa shape index (κ1) is 13.8. The topological polar surface area (TPSA) is 83.2 Å². The van der Waals surface area contributed by atoms with Crippen LogP contribution in [0.2, 0.25) is 5.15 Å². The van der Waals surface area contributed by atoms with Crippen LogP contribution in [0.4, 0.5) is 4.39 Å². The molecule has 0 saturated heterocycles. The number of aromatic nitrogens is 1. The first-order chi connectivity index (χ1) is 9.51. The van der Waals surface area contributed by atoms with Crippen LogP contribution in [0.5, 0.6) is 11.6 Å². The van der Waals surface area contributed by atoms with E-state index in [0.29, 0.717) is 0 Å². The lowest BCUT2D eigenvalue weighted by Gasteiger charge is -2.07. The van der Waals surface area contributed by atoms with Crippen LogP contribution in [0.25, 0.3) is 0 Å². The fourth-order valence-electron chi connectivity index (χ4n) is 1.46. The summed E-state index contributed by atoms with van der Waals surface area (Å²) in [7, 11) is 0. The monoisotopic (exact) mass is 292 g/mol. The number of aromatic carboxylic acids is 1. The average Bonchev–Trinajstić information content (AvgIpc) is 2.38. The molecular weight excluding hydrogens is 287 g/mol. The highest BCUT2D eigenvalue weighted by atomic mass is 35.5. The van der Waals surface area contributed by atoms with Crippen molar-refractivity contribution in [1.29, 1.82) is 5.26 Å². The van der Waals surface area contributed by atoms with E-state index in [1.54, 1.807) is 6.07 Å². The molecule has 5 nitrogen and oxygen atoms in total. The molecule has 2 rings (SSSR count). The van der Waals surface area contributed by atoms with Crippen LogP contribution in [-0.2, 0) is 0 Å². The molecule has 0 aliphatic carbocycles. The lowest BCUT2D eigenvalue weighted by molar-refractivity contribution is 0.0696. The number of carbonyl (C=O) groups is 1. The van der Waals surface area contributed by atoms with E-state index in [1.807, 2.05) is 0 Å². The highest BCUT2D eigenvalue weighted by Crippen LogP contribution is 2.27. The second-order valence-electron chi connectivity index (χ2n) is 3.65. The van der Waals surface area contributed by atoms with Crippen LogP contribution in [0.15, 0.2) is 30.3 Å². The minimum absolute atomic E-state index is 0.0707. The minimum Gasteiger partial charge on any atom is -0.478 e. The second kappa shape index (κ2) is 5.55. The summed E-state index contributed by atoms with van der Waals surface area (Å²) in [5.41, 5.74) is -0.430. The van der Waals surface area contributed by atoms with Gasteiger partial charge in [0, 0.05) is 6.07 Å². The van der Waals surface area contributed by atoms with Gasteiger partial charge in [-0.05, 0) is 18.2 Å². The van der Waals surface area contributed by atoms with Crippen molar-refractivity contribution in [3.05, 3.63) is 52.4 Å². The third kappa shape index (κ3) is 2.84. The molecule has 0 aliphatic heterocycles. The number of nitrogens with zero attached hydrogens (tertiary/aromatic N) is 2. The first-order valence-corrected chi connectivity index (χ1v) is 5.66. The number of hydrogen-bond acceptors (Lipinski definition) is 4.